The van der Waals surface area contributed by atoms with Crippen LogP contribution in [0.4, 0.5) is 11.4 Å². The third kappa shape index (κ3) is 5.29. The van der Waals surface area contributed by atoms with Crippen LogP contribution in [0.1, 0.15) is 27.8 Å². The van der Waals surface area contributed by atoms with Crippen LogP contribution in [-0.4, -0.2) is 31.6 Å². The molecule has 0 atom stereocenters. The Kier molecular flexibility index (Phi) is 6.98. The second-order valence-corrected chi connectivity index (χ2v) is 7.38. The van der Waals surface area contributed by atoms with Gasteiger partial charge in [-0.25, -0.2) is 0 Å². The molecule has 4 N–H and O–H groups in total. The minimum atomic E-state index is -0.338. The number of hydrogen-bond acceptors (Lipinski definition) is 6. The maximum Gasteiger partial charge on any atom is 0.287 e. The van der Waals surface area contributed by atoms with Gasteiger partial charge in [0.05, 0.1) is 29.9 Å². The molecule has 0 unspecified atom stereocenters. The van der Waals surface area contributed by atoms with E-state index in [0.717, 1.165) is 5.39 Å². The van der Waals surface area contributed by atoms with E-state index in [1.54, 1.807) is 60.7 Å². The van der Waals surface area contributed by atoms with Crippen LogP contribution in [0, 0.1) is 0 Å². The van der Waals surface area contributed by atoms with Crippen molar-refractivity contribution in [2.75, 3.05) is 30.8 Å². The Morgan fingerprint density at radius 3 is 2.50 bits per heavy atom. The Balaban J connectivity index is 1.26. The van der Waals surface area contributed by atoms with Crippen molar-refractivity contribution in [3.8, 4) is 11.5 Å². The Labute approximate surface area is 196 Å². The molecule has 0 saturated heterocycles. The molecule has 0 fully saturated rings. The molecule has 2 amide bonds. The van der Waals surface area contributed by atoms with Crippen molar-refractivity contribution >= 4 is 34.2 Å². The van der Waals surface area contributed by atoms with Crippen molar-refractivity contribution in [2.45, 2.75) is 6.92 Å². The number of hydrogen-bond donors (Lipinski definition) is 3. The third-order valence-corrected chi connectivity index (χ3v) is 5.03. The molecule has 0 aliphatic heterocycles. The summed E-state index contributed by atoms with van der Waals surface area (Å²) in [6, 6.07) is 20.9. The predicted octanol–water partition coefficient (Wildman–Crippen LogP) is 4.47. The number of ether oxygens (including phenoxy) is 2. The van der Waals surface area contributed by atoms with Crippen molar-refractivity contribution < 1.29 is 23.5 Å². The molecule has 3 aromatic carbocycles. The molecule has 34 heavy (non-hydrogen) atoms. The number of nitrogen functional groups attached to an aromatic ring is 1. The highest BCUT2D eigenvalue weighted by molar-refractivity contribution is 6.05. The molecule has 8 heteroatoms. The number of rotatable bonds is 9. The van der Waals surface area contributed by atoms with Gasteiger partial charge in [0.1, 0.15) is 23.7 Å². The lowest BCUT2D eigenvalue weighted by Gasteiger charge is -2.09. The second kappa shape index (κ2) is 10.4. The van der Waals surface area contributed by atoms with Gasteiger partial charge in [-0.1, -0.05) is 18.2 Å². The van der Waals surface area contributed by atoms with Crippen LogP contribution in [-0.2, 0) is 0 Å². The van der Waals surface area contributed by atoms with Gasteiger partial charge in [0.2, 0.25) is 0 Å². The number of carbonyl (C=O) groups excluding carboxylic acids is 2. The minimum absolute atomic E-state index is 0.205. The Bertz CT molecular complexity index is 1300. The van der Waals surface area contributed by atoms with E-state index >= 15 is 0 Å². The van der Waals surface area contributed by atoms with E-state index < -0.39 is 0 Å². The van der Waals surface area contributed by atoms with Crippen LogP contribution >= 0.6 is 0 Å². The van der Waals surface area contributed by atoms with Crippen LogP contribution < -0.4 is 25.8 Å². The van der Waals surface area contributed by atoms with Crippen LogP contribution in [0.15, 0.2) is 77.2 Å². The van der Waals surface area contributed by atoms with Crippen molar-refractivity contribution in [3.63, 3.8) is 0 Å². The number of carbonyl (C=O) groups is 2. The largest absolute Gasteiger partial charge is 0.493 e. The molecule has 0 bridgehead atoms. The number of amides is 2. The summed E-state index contributed by atoms with van der Waals surface area (Å²) < 4.78 is 16.9. The normalized spacial score (nSPS) is 10.6. The van der Waals surface area contributed by atoms with Gasteiger partial charge in [0.25, 0.3) is 11.8 Å². The number of nitrogens with one attached hydrogen (secondary N) is 2. The predicted molar refractivity (Wildman–Crippen MR) is 130 cm³/mol. The average Bonchev–Trinajstić information content (AvgIpc) is 3.29. The van der Waals surface area contributed by atoms with Crippen LogP contribution in [0.2, 0.25) is 0 Å². The monoisotopic (exact) mass is 459 g/mol. The summed E-state index contributed by atoms with van der Waals surface area (Å²) in [7, 11) is 0. The first-order valence-electron chi connectivity index (χ1n) is 10.9. The van der Waals surface area contributed by atoms with E-state index in [1.165, 1.54) is 0 Å². The van der Waals surface area contributed by atoms with E-state index in [0.29, 0.717) is 40.6 Å². The molecule has 0 radical (unpaired) electrons. The summed E-state index contributed by atoms with van der Waals surface area (Å²) in [5.41, 5.74) is 7.97. The summed E-state index contributed by atoms with van der Waals surface area (Å²) >= 11 is 0. The molecule has 0 aliphatic rings. The lowest BCUT2D eigenvalue weighted by atomic mass is 10.2. The van der Waals surface area contributed by atoms with Gasteiger partial charge in [-0.3, -0.25) is 9.59 Å². The van der Waals surface area contributed by atoms with Gasteiger partial charge in [-0.05, 0) is 55.5 Å². The van der Waals surface area contributed by atoms with Gasteiger partial charge in [0, 0.05) is 11.6 Å². The molecular weight excluding hydrogens is 434 g/mol. The van der Waals surface area contributed by atoms with Crippen molar-refractivity contribution in [1.82, 2.24) is 5.32 Å². The zero-order valence-electron chi connectivity index (χ0n) is 18.7. The maximum atomic E-state index is 12.4. The summed E-state index contributed by atoms with van der Waals surface area (Å²) in [4.78, 5) is 24.8. The fourth-order valence-electron chi connectivity index (χ4n) is 3.36. The van der Waals surface area contributed by atoms with E-state index in [9.17, 15) is 9.59 Å². The van der Waals surface area contributed by atoms with E-state index in [2.05, 4.69) is 10.6 Å². The molecular formula is C26H25N3O5. The summed E-state index contributed by atoms with van der Waals surface area (Å²) in [6.45, 7) is 2.96. The topological polar surface area (TPSA) is 116 Å². The quantitative estimate of drug-likeness (QED) is 0.251. The SMILES string of the molecule is CCOc1cccc2oc(C(=O)NCCOc3ccc(C(=O)Nc4ccccc4N)cc3)cc12. The Morgan fingerprint density at radius 2 is 1.74 bits per heavy atom. The Morgan fingerprint density at radius 1 is 0.941 bits per heavy atom. The molecule has 1 aromatic heterocycles. The number of fused-ring (bicyclic) bond motifs is 1. The van der Waals surface area contributed by atoms with E-state index in [1.807, 2.05) is 19.1 Å². The van der Waals surface area contributed by atoms with Gasteiger partial charge < -0.3 is 30.3 Å². The van der Waals surface area contributed by atoms with Gasteiger partial charge in [-0.2, -0.15) is 0 Å². The first-order valence-corrected chi connectivity index (χ1v) is 10.9. The van der Waals surface area contributed by atoms with Gasteiger partial charge in [0.15, 0.2) is 5.76 Å². The number of anilines is 2. The Hall–Kier alpha value is -4.46. The number of nitrogens with two attached hydrogens (primary N) is 1. The second-order valence-electron chi connectivity index (χ2n) is 7.38. The highest BCUT2D eigenvalue weighted by atomic mass is 16.5. The number of furan rings is 1. The first kappa shape index (κ1) is 22.7. The molecule has 4 aromatic rings. The molecule has 0 spiro atoms. The molecule has 0 aliphatic carbocycles. The van der Waals surface area contributed by atoms with E-state index in [-0.39, 0.29) is 30.7 Å². The minimum Gasteiger partial charge on any atom is -0.493 e. The van der Waals surface area contributed by atoms with Crippen molar-refractivity contribution in [3.05, 3.63) is 84.1 Å². The summed E-state index contributed by atoms with van der Waals surface area (Å²) in [6.07, 6.45) is 0. The molecule has 0 saturated carbocycles. The van der Waals surface area contributed by atoms with Crippen molar-refractivity contribution in [2.24, 2.45) is 0 Å². The summed E-state index contributed by atoms with van der Waals surface area (Å²) in [5.74, 6) is 0.853. The fourth-order valence-corrected chi connectivity index (χ4v) is 3.36. The highest BCUT2D eigenvalue weighted by Crippen LogP contribution is 2.28. The standard InChI is InChI=1S/C26H25N3O5/c1-2-32-22-8-5-9-23-19(22)16-24(34-23)26(31)28-14-15-33-18-12-10-17(11-13-18)25(30)29-21-7-4-3-6-20(21)27/h3-13,16H,2,14-15,27H2,1H3,(H,28,31)(H,29,30). The molecule has 1 heterocycles. The van der Waals surface area contributed by atoms with Crippen LogP contribution in [0.25, 0.3) is 11.0 Å². The molecule has 4 rings (SSSR count). The van der Waals surface area contributed by atoms with Gasteiger partial charge in [-0.15, -0.1) is 0 Å². The van der Waals surface area contributed by atoms with E-state index in [4.69, 9.17) is 19.6 Å². The average molecular weight is 460 g/mol. The van der Waals surface area contributed by atoms with Gasteiger partial charge >= 0.3 is 0 Å². The summed E-state index contributed by atoms with van der Waals surface area (Å²) in [5, 5.41) is 6.30. The fraction of sp³-hybridized carbons (Fsp3) is 0.154. The third-order valence-electron chi connectivity index (χ3n) is 5.03. The smallest absolute Gasteiger partial charge is 0.287 e. The number of para-hydroxylation sites is 2. The lowest BCUT2D eigenvalue weighted by Crippen LogP contribution is -2.27. The lowest BCUT2D eigenvalue weighted by molar-refractivity contribution is 0.0921. The highest BCUT2D eigenvalue weighted by Gasteiger charge is 2.14. The zero-order valence-corrected chi connectivity index (χ0v) is 18.7. The number of benzene rings is 3. The van der Waals surface area contributed by atoms with Crippen LogP contribution in [0.5, 0.6) is 11.5 Å². The van der Waals surface area contributed by atoms with Crippen LogP contribution in [0.3, 0.4) is 0 Å². The first-order chi connectivity index (χ1) is 16.5. The zero-order chi connectivity index (χ0) is 23.9. The molecule has 174 valence electrons. The maximum absolute atomic E-state index is 12.4. The molecule has 8 nitrogen and oxygen atoms in total. The van der Waals surface area contributed by atoms with Crippen molar-refractivity contribution in [1.29, 1.82) is 0 Å².